The summed E-state index contributed by atoms with van der Waals surface area (Å²) in [6.45, 7) is 0. The normalized spacial score (nSPS) is 10.8. The van der Waals surface area contributed by atoms with Crippen LogP contribution in [0.1, 0.15) is 41.4 Å². The van der Waals surface area contributed by atoms with Crippen molar-refractivity contribution < 1.29 is 57.1 Å². The standard InChI is InChI=1S/C36H36GeO12/c1-42-21-13-9-14-22(43-2)29(21)33(38)37(34(39)30-23(44-3)15-10-16-24(30)45-4,35(40)31-25(46-5)17-11-18-26(31)47-6)36(41)32-27(48-7)19-12-20-28(32)49-8/h9-20H,1-8H3. The fourth-order valence-corrected chi connectivity index (χ4v) is 13.5. The Morgan fingerprint density at radius 1 is 0.327 bits per heavy atom. The minimum absolute atomic E-state index is 0.0428. The van der Waals surface area contributed by atoms with E-state index in [1.165, 1.54) is 105 Å². The molecule has 0 radical (unpaired) electrons. The number of carbonyl (C=O) groups excluding carboxylic acids is 4. The van der Waals surface area contributed by atoms with Gasteiger partial charge in [-0.15, -0.1) is 0 Å². The van der Waals surface area contributed by atoms with Gasteiger partial charge in [0.05, 0.1) is 0 Å². The van der Waals surface area contributed by atoms with Gasteiger partial charge in [-0.1, -0.05) is 0 Å². The maximum absolute atomic E-state index is 15.7. The fourth-order valence-electron chi connectivity index (χ4n) is 5.67. The number of ether oxygens (including phenoxy) is 8. The van der Waals surface area contributed by atoms with Crippen LogP contribution < -0.4 is 37.9 Å². The molecule has 12 nitrogen and oxygen atoms in total. The molecule has 13 heteroatoms. The van der Waals surface area contributed by atoms with Crippen molar-refractivity contribution in [2.45, 2.75) is 0 Å². The first-order valence-electron chi connectivity index (χ1n) is 14.7. The Labute approximate surface area is 286 Å². The van der Waals surface area contributed by atoms with Gasteiger partial charge in [-0.05, 0) is 0 Å². The Morgan fingerprint density at radius 2 is 0.469 bits per heavy atom. The Morgan fingerprint density at radius 3 is 0.592 bits per heavy atom. The molecule has 0 heterocycles. The van der Waals surface area contributed by atoms with Crippen LogP contribution in [0.3, 0.4) is 0 Å². The molecule has 4 rings (SSSR count). The number of hydrogen-bond acceptors (Lipinski definition) is 12. The molecule has 256 valence electrons. The Balaban J connectivity index is 2.36. The SMILES string of the molecule is COc1cccc(OC)c1[C](=O)[Ge]([C](=O)c1c(OC)cccc1OC)([C](=O)c1c(OC)cccc1OC)[C](=O)c1c(OC)cccc1OC. The van der Waals surface area contributed by atoms with E-state index < -0.39 is 31.7 Å². The van der Waals surface area contributed by atoms with Crippen molar-refractivity contribution in [3.05, 3.63) is 95.1 Å². The second-order valence-corrected chi connectivity index (χ2v) is 17.2. The number of benzene rings is 4. The van der Waals surface area contributed by atoms with E-state index in [0.29, 0.717) is 0 Å². The van der Waals surface area contributed by atoms with Crippen LogP contribution in [0.25, 0.3) is 0 Å². The second kappa shape index (κ2) is 15.6. The van der Waals surface area contributed by atoms with Gasteiger partial charge in [0.15, 0.2) is 0 Å². The molecular weight excluding hydrogens is 697 g/mol. The zero-order valence-corrected chi connectivity index (χ0v) is 30.4. The zero-order valence-electron chi connectivity index (χ0n) is 28.3. The first-order valence-corrected chi connectivity index (χ1v) is 18.9. The number of carbonyl (C=O) groups is 4. The van der Waals surface area contributed by atoms with Crippen molar-refractivity contribution in [2.75, 3.05) is 56.9 Å². The second-order valence-electron chi connectivity index (χ2n) is 10.2. The van der Waals surface area contributed by atoms with Gasteiger partial charge in [-0.2, -0.15) is 0 Å². The Bertz CT molecular complexity index is 1540. The van der Waals surface area contributed by atoms with Crippen LogP contribution in [-0.2, 0) is 0 Å². The summed E-state index contributed by atoms with van der Waals surface area (Å²) in [6.07, 6.45) is 0. The quantitative estimate of drug-likeness (QED) is 0.140. The zero-order chi connectivity index (χ0) is 35.9. The summed E-state index contributed by atoms with van der Waals surface area (Å²) in [4.78, 5) is 62.7. The van der Waals surface area contributed by atoms with E-state index in [0.717, 1.165) is 0 Å². The van der Waals surface area contributed by atoms with Gasteiger partial charge >= 0.3 is 287 Å². The molecular formula is C36H36GeO12. The molecule has 4 aromatic carbocycles. The van der Waals surface area contributed by atoms with Crippen LogP contribution in [-0.4, -0.2) is 88.6 Å². The predicted octanol–water partition coefficient (Wildman–Crippen LogP) is 5.19. The molecule has 0 saturated carbocycles. The van der Waals surface area contributed by atoms with Crippen molar-refractivity contribution in [1.82, 2.24) is 0 Å². The van der Waals surface area contributed by atoms with E-state index >= 15 is 19.2 Å². The van der Waals surface area contributed by atoms with Crippen molar-refractivity contribution in [3.63, 3.8) is 0 Å². The van der Waals surface area contributed by atoms with Crippen molar-refractivity contribution in [2.24, 2.45) is 0 Å². The van der Waals surface area contributed by atoms with Crippen LogP contribution in [0, 0.1) is 0 Å². The fraction of sp³-hybridized carbons (Fsp3) is 0.222. The third-order valence-electron chi connectivity index (χ3n) is 7.98. The average molecular weight is 733 g/mol. The molecule has 0 aliphatic carbocycles. The van der Waals surface area contributed by atoms with Gasteiger partial charge in [0.25, 0.3) is 0 Å². The van der Waals surface area contributed by atoms with Gasteiger partial charge in [0.2, 0.25) is 0 Å². The van der Waals surface area contributed by atoms with Gasteiger partial charge in [-0.25, -0.2) is 0 Å². The number of methoxy groups -OCH3 is 8. The molecule has 0 atom stereocenters. The van der Waals surface area contributed by atoms with E-state index in [-0.39, 0.29) is 68.2 Å². The van der Waals surface area contributed by atoms with Gasteiger partial charge in [0.1, 0.15) is 0 Å². The van der Waals surface area contributed by atoms with Gasteiger partial charge < -0.3 is 0 Å². The molecule has 0 amide bonds. The summed E-state index contributed by atoms with van der Waals surface area (Å²) in [5.74, 6) is -0.343. The molecule has 4 aromatic rings. The van der Waals surface area contributed by atoms with Crippen molar-refractivity contribution in [3.8, 4) is 46.0 Å². The van der Waals surface area contributed by atoms with Crippen molar-refractivity contribution >= 4 is 31.7 Å². The molecule has 0 aliphatic heterocycles. The molecule has 0 bridgehead atoms. The summed E-state index contributed by atoms with van der Waals surface area (Å²) in [5, 5.41) is 0. The summed E-state index contributed by atoms with van der Waals surface area (Å²) in [7, 11) is 10.5. The van der Waals surface area contributed by atoms with Gasteiger partial charge in [-0.3, -0.25) is 0 Å². The first kappa shape index (κ1) is 36.3. The summed E-state index contributed by atoms with van der Waals surface area (Å²) in [6, 6.07) is 17.9. The van der Waals surface area contributed by atoms with Crippen LogP contribution in [0.15, 0.2) is 72.8 Å². The van der Waals surface area contributed by atoms with E-state index in [1.54, 1.807) is 24.3 Å². The van der Waals surface area contributed by atoms with E-state index in [4.69, 9.17) is 37.9 Å². The average Bonchev–Trinajstić information content (AvgIpc) is 3.15. The van der Waals surface area contributed by atoms with Crippen LogP contribution in [0.5, 0.6) is 46.0 Å². The maximum atomic E-state index is 15.7. The van der Waals surface area contributed by atoms with E-state index in [1.807, 2.05) is 0 Å². The molecule has 0 N–H and O–H groups in total. The van der Waals surface area contributed by atoms with E-state index in [2.05, 4.69) is 0 Å². The predicted molar refractivity (Wildman–Crippen MR) is 181 cm³/mol. The van der Waals surface area contributed by atoms with Crippen LogP contribution >= 0.6 is 0 Å². The van der Waals surface area contributed by atoms with Crippen LogP contribution in [0.2, 0.25) is 0 Å². The third kappa shape index (κ3) is 6.15. The molecule has 0 unspecified atom stereocenters. The first-order chi connectivity index (χ1) is 23.7. The van der Waals surface area contributed by atoms with Crippen molar-refractivity contribution in [1.29, 1.82) is 0 Å². The molecule has 0 fully saturated rings. The summed E-state index contributed by atoms with van der Waals surface area (Å²) < 4.78 is 40.2. The summed E-state index contributed by atoms with van der Waals surface area (Å²) >= 11 is -6.60. The number of rotatable bonds is 16. The summed E-state index contributed by atoms with van der Waals surface area (Å²) in [5.41, 5.74) is -1.17. The molecule has 49 heavy (non-hydrogen) atoms. The molecule has 0 spiro atoms. The molecule has 0 aromatic heterocycles. The topological polar surface area (TPSA) is 142 Å². The van der Waals surface area contributed by atoms with Crippen LogP contribution in [0.4, 0.5) is 0 Å². The van der Waals surface area contributed by atoms with E-state index in [9.17, 15) is 0 Å². The van der Waals surface area contributed by atoms with Gasteiger partial charge in [0, 0.05) is 0 Å². The Hall–Kier alpha value is -5.50. The number of hydrogen-bond donors (Lipinski definition) is 0. The molecule has 0 saturated heterocycles. The molecule has 0 aliphatic rings. The monoisotopic (exact) mass is 734 g/mol. The Kier molecular flexibility index (Phi) is 11.6. The third-order valence-corrected chi connectivity index (χ3v) is 15.8. The minimum atomic E-state index is -6.60.